The predicted molar refractivity (Wildman–Crippen MR) is 85.2 cm³/mol. The molecule has 0 aromatic heterocycles. The monoisotopic (exact) mass is 306 g/mol. The van der Waals surface area contributed by atoms with Crippen LogP contribution in [0.4, 0.5) is 11.4 Å². The van der Waals surface area contributed by atoms with E-state index < -0.39 is 4.92 Å². The molecule has 0 aliphatic carbocycles. The Labute approximate surface area is 130 Å². The molecule has 1 aromatic carbocycles. The first-order chi connectivity index (χ1) is 10.4. The normalized spacial score (nSPS) is 21.4. The number of carbonyl (C=O) groups excluding carboxylic acids is 1. The second-order valence-electron chi connectivity index (χ2n) is 6.32. The summed E-state index contributed by atoms with van der Waals surface area (Å²) in [7, 11) is 0. The number of piperidine rings is 1. The summed E-state index contributed by atoms with van der Waals surface area (Å²) in [5.74, 6) is 0.577. The van der Waals surface area contributed by atoms with Gasteiger partial charge < -0.3 is 10.2 Å². The van der Waals surface area contributed by atoms with Crippen LogP contribution in [-0.4, -0.2) is 30.5 Å². The zero-order valence-corrected chi connectivity index (χ0v) is 13.4. The van der Waals surface area contributed by atoms with Crippen LogP contribution in [0.1, 0.15) is 30.9 Å². The van der Waals surface area contributed by atoms with E-state index in [0.717, 1.165) is 43.0 Å². The Kier molecular flexibility index (Phi) is 5.13. The third-order valence-corrected chi connectivity index (χ3v) is 4.57. The number of carbonyl (C=O) groups is 1. The summed E-state index contributed by atoms with van der Waals surface area (Å²) in [6, 6.07) is 3.16. The maximum atomic E-state index is 12.2. The third-order valence-electron chi connectivity index (χ3n) is 4.57. The van der Waals surface area contributed by atoms with Crippen molar-refractivity contribution in [3.8, 4) is 0 Å². The van der Waals surface area contributed by atoms with Gasteiger partial charge in [0.25, 0.3) is 11.6 Å². The molecule has 0 radical (unpaired) electrons. The van der Waals surface area contributed by atoms with Crippen molar-refractivity contribution in [2.24, 2.45) is 5.92 Å². The van der Waals surface area contributed by atoms with Crippen LogP contribution in [-0.2, 0) is 4.79 Å². The Bertz CT molecular complexity index is 578. The molecule has 0 saturated carbocycles. The highest BCUT2D eigenvalue weighted by molar-refractivity contribution is 5.95. The second-order valence-corrected chi connectivity index (χ2v) is 6.32. The third kappa shape index (κ3) is 3.82. The lowest BCUT2D eigenvalue weighted by molar-refractivity contribution is -0.897. The van der Waals surface area contributed by atoms with E-state index in [1.807, 2.05) is 6.92 Å². The molecule has 6 nitrogen and oxygen atoms in total. The molecule has 1 aliphatic heterocycles. The minimum absolute atomic E-state index is 0.0429. The molecule has 0 atom stereocenters. The molecule has 2 N–H and O–H groups in total. The zero-order valence-electron chi connectivity index (χ0n) is 13.4. The maximum absolute atomic E-state index is 12.2. The zero-order chi connectivity index (χ0) is 16.3. The van der Waals surface area contributed by atoms with E-state index in [9.17, 15) is 14.9 Å². The molecule has 120 valence electrons. The number of hydrogen-bond donors (Lipinski definition) is 2. The first kappa shape index (κ1) is 16.4. The lowest BCUT2D eigenvalue weighted by atomic mass is 9.99. The minimum Gasteiger partial charge on any atom is -0.327 e. The van der Waals surface area contributed by atoms with Gasteiger partial charge in [-0.2, -0.15) is 0 Å². The Morgan fingerprint density at radius 3 is 2.59 bits per heavy atom. The molecule has 6 heteroatoms. The molecule has 2 rings (SSSR count). The van der Waals surface area contributed by atoms with E-state index in [0.29, 0.717) is 12.2 Å². The molecule has 1 heterocycles. The van der Waals surface area contributed by atoms with E-state index in [1.54, 1.807) is 13.0 Å². The van der Waals surface area contributed by atoms with Crippen LogP contribution in [0.5, 0.6) is 0 Å². The van der Waals surface area contributed by atoms with Crippen molar-refractivity contribution in [2.45, 2.75) is 33.6 Å². The fraction of sp³-hybridized carbons (Fsp3) is 0.562. The minimum atomic E-state index is -0.447. The van der Waals surface area contributed by atoms with Crippen molar-refractivity contribution in [3.63, 3.8) is 0 Å². The fourth-order valence-electron chi connectivity index (χ4n) is 2.87. The number of nitrogens with zero attached hydrogens (tertiary/aromatic N) is 1. The van der Waals surface area contributed by atoms with Crippen LogP contribution >= 0.6 is 0 Å². The quantitative estimate of drug-likeness (QED) is 0.653. The number of quaternary nitrogens is 1. The van der Waals surface area contributed by atoms with Crippen LogP contribution in [0, 0.1) is 29.9 Å². The van der Waals surface area contributed by atoms with Crippen molar-refractivity contribution >= 4 is 17.3 Å². The first-order valence-electron chi connectivity index (χ1n) is 7.76. The molecule has 0 unspecified atom stereocenters. The lowest BCUT2D eigenvalue weighted by Gasteiger charge is -2.26. The number of aryl methyl sites for hydroxylation is 1. The number of rotatable bonds is 4. The van der Waals surface area contributed by atoms with Crippen LogP contribution < -0.4 is 10.2 Å². The molecular formula is C16H24N3O3+. The number of nitro groups is 1. The standard InChI is InChI=1S/C16H23N3O3/c1-11-6-8-18(9-7-11)10-15(20)17-16-13(3)12(2)4-5-14(16)19(21)22/h4-5,11H,6-10H2,1-3H3,(H,17,20)/p+1. The van der Waals surface area contributed by atoms with Crippen molar-refractivity contribution < 1.29 is 14.6 Å². The van der Waals surface area contributed by atoms with Gasteiger partial charge in [-0.25, -0.2) is 0 Å². The Morgan fingerprint density at radius 2 is 2.00 bits per heavy atom. The Balaban J connectivity index is 2.08. The van der Waals surface area contributed by atoms with Gasteiger partial charge in [-0.05, 0) is 43.7 Å². The van der Waals surface area contributed by atoms with E-state index >= 15 is 0 Å². The van der Waals surface area contributed by atoms with Crippen LogP contribution in [0.3, 0.4) is 0 Å². The van der Waals surface area contributed by atoms with Crippen LogP contribution in [0.25, 0.3) is 0 Å². The lowest BCUT2D eigenvalue weighted by Crippen LogP contribution is -3.14. The molecule has 1 aromatic rings. The number of hydrogen-bond acceptors (Lipinski definition) is 3. The van der Waals surface area contributed by atoms with Gasteiger partial charge in [-0.3, -0.25) is 14.9 Å². The summed E-state index contributed by atoms with van der Waals surface area (Å²) in [6.45, 7) is 8.26. The molecule has 0 bridgehead atoms. The summed E-state index contributed by atoms with van der Waals surface area (Å²) in [5.41, 5.74) is 1.98. The summed E-state index contributed by atoms with van der Waals surface area (Å²) in [4.78, 5) is 24.2. The van der Waals surface area contributed by atoms with Gasteiger partial charge in [-0.1, -0.05) is 13.0 Å². The van der Waals surface area contributed by atoms with Gasteiger partial charge in [0.05, 0.1) is 18.0 Å². The molecular weight excluding hydrogens is 282 g/mol. The van der Waals surface area contributed by atoms with Gasteiger partial charge in [0.1, 0.15) is 5.69 Å². The van der Waals surface area contributed by atoms with Crippen molar-refractivity contribution in [2.75, 3.05) is 25.0 Å². The fourth-order valence-corrected chi connectivity index (χ4v) is 2.87. The number of amides is 1. The summed E-state index contributed by atoms with van der Waals surface area (Å²) in [6.07, 6.45) is 2.26. The van der Waals surface area contributed by atoms with Crippen LogP contribution in [0.15, 0.2) is 12.1 Å². The van der Waals surface area contributed by atoms with E-state index in [-0.39, 0.29) is 11.6 Å². The van der Waals surface area contributed by atoms with Crippen molar-refractivity contribution in [3.05, 3.63) is 33.4 Å². The Morgan fingerprint density at radius 1 is 1.36 bits per heavy atom. The average Bonchev–Trinajstić information content (AvgIpc) is 2.46. The van der Waals surface area contributed by atoms with Gasteiger partial charge in [0, 0.05) is 6.07 Å². The first-order valence-corrected chi connectivity index (χ1v) is 7.76. The van der Waals surface area contributed by atoms with Gasteiger partial charge >= 0.3 is 0 Å². The Hall–Kier alpha value is -1.95. The van der Waals surface area contributed by atoms with E-state index in [4.69, 9.17) is 0 Å². The molecule has 0 spiro atoms. The molecule has 1 amide bonds. The molecule has 1 aliphatic rings. The summed E-state index contributed by atoms with van der Waals surface area (Å²) < 4.78 is 0. The largest absolute Gasteiger partial charge is 0.327 e. The molecule has 22 heavy (non-hydrogen) atoms. The number of anilines is 1. The SMILES string of the molecule is Cc1ccc([N+](=O)[O-])c(NC(=O)C[NH+]2CCC(C)CC2)c1C. The number of benzene rings is 1. The van der Waals surface area contributed by atoms with Crippen molar-refractivity contribution in [1.82, 2.24) is 0 Å². The van der Waals surface area contributed by atoms with Crippen molar-refractivity contribution in [1.29, 1.82) is 0 Å². The smallest absolute Gasteiger partial charge is 0.293 e. The average molecular weight is 306 g/mol. The van der Waals surface area contributed by atoms with Gasteiger partial charge in [0.2, 0.25) is 0 Å². The van der Waals surface area contributed by atoms with Gasteiger partial charge in [-0.15, -0.1) is 0 Å². The van der Waals surface area contributed by atoms with Gasteiger partial charge in [0.15, 0.2) is 6.54 Å². The number of likely N-dealkylation sites (tertiary alicyclic amines) is 1. The second kappa shape index (κ2) is 6.87. The maximum Gasteiger partial charge on any atom is 0.293 e. The number of nitro benzene ring substituents is 1. The highest BCUT2D eigenvalue weighted by Gasteiger charge is 2.24. The predicted octanol–water partition coefficient (Wildman–Crippen LogP) is 1.46. The summed E-state index contributed by atoms with van der Waals surface area (Å²) >= 11 is 0. The van der Waals surface area contributed by atoms with E-state index in [2.05, 4.69) is 12.2 Å². The number of nitrogens with one attached hydrogen (secondary N) is 2. The van der Waals surface area contributed by atoms with Crippen LogP contribution in [0.2, 0.25) is 0 Å². The highest BCUT2D eigenvalue weighted by atomic mass is 16.6. The molecule has 1 saturated heterocycles. The van der Waals surface area contributed by atoms with E-state index in [1.165, 1.54) is 11.0 Å². The molecule has 1 fully saturated rings. The topological polar surface area (TPSA) is 76.7 Å². The highest BCUT2D eigenvalue weighted by Crippen LogP contribution is 2.29. The summed E-state index contributed by atoms with van der Waals surface area (Å²) in [5, 5.41) is 13.9.